The Bertz CT molecular complexity index is 229. The van der Waals surface area contributed by atoms with E-state index in [9.17, 15) is 15.3 Å². The lowest BCUT2D eigenvalue weighted by molar-refractivity contribution is -0.298. The van der Waals surface area contributed by atoms with Gasteiger partial charge in [-0.2, -0.15) is 0 Å². The Kier molecular flexibility index (Phi) is 5.33. The summed E-state index contributed by atoms with van der Waals surface area (Å²) in [5.41, 5.74) is 0. The Morgan fingerprint density at radius 2 is 1.88 bits per heavy atom. The Morgan fingerprint density at radius 3 is 2.44 bits per heavy atom. The van der Waals surface area contributed by atoms with Crippen molar-refractivity contribution in [1.82, 2.24) is 0 Å². The summed E-state index contributed by atoms with van der Waals surface area (Å²) in [7, 11) is 0. The van der Waals surface area contributed by atoms with Crippen LogP contribution < -0.4 is 0 Å². The molecule has 1 aliphatic rings. The number of ether oxygens (including phenoxy) is 2. The van der Waals surface area contributed by atoms with Gasteiger partial charge in [0.2, 0.25) is 0 Å². The van der Waals surface area contributed by atoms with Gasteiger partial charge in [0.05, 0.1) is 13.2 Å². The number of hydrogen-bond donors (Lipinski definition) is 4. The van der Waals surface area contributed by atoms with Crippen LogP contribution in [0.2, 0.25) is 0 Å². The van der Waals surface area contributed by atoms with E-state index in [4.69, 9.17) is 14.6 Å². The molecular weight excluding hydrogens is 216 g/mol. The van der Waals surface area contributed by atoms with Gasteiger partial charge in [0, 0.05) is 0 Å². The van der Waals surface area contributed by atoms with Gasteiger partial charge in [-0.25, -0.2) is 0 Å². The maximum absolute atomic E-state index is 9.55. The van der Waals surface area contributed by atoms with E-state index in [1.165, 1.54) is 0 Å². The van der Waals surface area contributed by atoms with E-state index in [2.05, 4.69) is 0 Å². The van der Waals surface area contributed by atoms with Crippen LogP contribution in [-0.4, -0.2) is 64.3 Å². The standard InChI is InChI=1S/C10H18O6/c1-2-3-4-15-10-9(14)8(13)7(12)6(5-11)16-10/h2-3,6-14H,4-5H2,1H3/t6-,7-,8+,9-,10-/m1/s1. The van der Waals surface area contributed by atoms with E-state index in [0.29, 0.717) is 0 Å². The largest absolute Gasteiger partial charge is 0.394 e. The van der Waals surface area contributed by atoms with Crippen LogP contribution in [0.15, 0.2) is 12.2 Å². The number of hydrogen-bond acceptors (Lipinski definition) is 6. The summed E-state index contributed by atoms with van der Waals surface area (Å²) in [4.78, 5) is 0. The van der Waals surface area contributed by atoms with Crippen LogP contribution in [0.4, 0.5) is 0 Å². The van der Waals surface area contributed by atoms with Crippen LogP contribution in [-0.2, 0) is 9.47 Å². The maximum atomic E-state index is 9.55. The fraction of sp³-hybridized carbons (Fsp3) is 0.800. The average Bonchev–Trinajstić information content (AvgIpc) is 2.29. The lowest BCUT2D eigenvalue weighted by Gasteiger charge is -2.39. The summed E-state index contributed by atoms with van der Waals surface area (Å²) >= 11 is 0. The molecule has 1 heterocycles. The molecule has 1 rings (SSSR count). The maximum Gasteiger partial charge on any atom is 0.187 e. The predicted molar refractivity (Wildman–Crippen MR) is 54.5 cm³/mol. The van der Waals surface area contributed by atoms with Crippen LogP contribution in [0.1, 0.15) is 6.92 Å². The zero-order chi connectivity index (χ0) is 12.1. The quantitative estimate of drug-likeness (QED) is 0.436. The lowest BCUT2D eigenvalue weighted by atomic mass is 9.99. The monoisotopic (exact) mass is 234 g/mol. The minimum Gasteiger partial charge on any atom is -0.394 e. The minimum atomic E-state index is -1.39. The molecule has 0 aromatic carbocycles. The molecule has 0 unspecified atom stereocenters. The SMILES string of the molecule is CC=CCO[C@@H]1O[C@H](CO)[C@@H](O)[C@H](O)[C@H]1O. The molecule has 1 aliphatic heterocycles. The third kappa shape index (κ3) is 3.00. The van der Waals surface area contributed by atoms with E-state index in [0.717, 1.165) is 0 Å². The van der Waals surface area contributed by atoms with Crippen molar-refractivity contribution in [3.8, 4) is 0 Å². The van der Waals surface area contributed by atoms with Gasteiger partial charge in [0.1, 0.15) is 24.4 Å². The molecule has 16 heavy (non-hydrogen) atoms. The molecule has 0 spiro atoms. The summed E-state index contributed by atoms with van der Waals surface area (Å²) in [6.45, 7) is 1.59. The van der Waals surface area contributed by atoms with E-state index in [1.807, 2.05) is 6.92 Å². The summed E-state index contributed by atoms with van der Waals surface area (Å²) in [6, 6.07) is 0. The van der Waals surface area contributed by atoms with Crippen molar-refractivity contribution in [2.24, 2.45) is 0 Å². The smallest absolute Gasteiger partial charge is 0.187 e. The molecule has 1 saturated heterocycles. The van der Waals surface area contributed by atoms with Crippen LogP contribution in [0.5, 0.6) is 0 Å². The molecule has 5 atom stereocenters. The zero-order valence-electron chi connectivity index (χ0n) is 9.06. The fourth-order valence-electron chi connectivity index (χ4n) is 1.45. The van der Waals surface area contributed by atoms with Gasteiger partial charge in [-0.15, -0.1) is 0 Å². The van der Waals surface area contributed by atoms with Gasteiger partial charge in [0.15, 0.2) is 6.29 Å². The molecule has 0 saturated carbocycles. The van der Waals surface area contributed by atoms with Crippen molar-refractivity contribution in [3.05, 3.63) is 12.2 Å². The Balaban J connectivity index is 2.56. The van der Waals surface area contributed by atoms with Gasteiger partial charge >= 0.3 is 0 Å². The summed E-state index contributed by atoms with van der Waals surface area (Å²) in [5.74, 6) is 0. The molecule has 0 aromatic heterocycles. The van der Waals surface area contributed by atoms with Crippen molar-refractivity contribution in [3.63, 3.8) is 0 Å². The van der Waals surface area contributed by atoms with Crippen molar-refractivity contribution in [2.45, 2.75) is 37.6 Å². The Labute approximate surface area is 93.7 Å². The topological polar surface area (TPSA) is 99.4 Å². The van der Waals surface area contributed by atoms with Crippen molar-refractivity contribution in [1.29, 1.82) is 0 Å². The number of allylic oxidation sites excluding steroid dienone is 1. The van der Waals surface area contributed by atoms with Crippen molar-refractivity contribution < 1.29 is 29.9 Å². The van der Waals surface area contributed by atoms with Gasteiger partial charge < -0.3 is 29.9 Å². The molecule has 0 radical (unpaired) electrons. The fourth-order valence-corrected chi connectivity index (χ4v) is 1.45. The lowest BCUT2D eigenvalue weighted by Crippen LogP contribution is -2.59. The van der Waals surface area contributed by atoms with Crippen LogP contribution >= 0.6 is 0 Å². The predicted octanol–water partition coefficient (Wildman–Crippen LogP) is -1.62. The van der Waals surface area contributed by atoms with Crippen LogP contribution in [0.3, 0.4) is 0 Å². The molecule has 94 valence electrons. The minimum absolute atomic E-state index is 0.221. The highest BCUT2D eigenvalue weighted by Crippen LogP contribution is 2.21. The van der Waals surface area contributed by atoms with E-state index < -0.39 is 37.3 Å². The third-order valence-electron chi connectivity index (χ3n) is 2.44. The Hall–Kier alpha value is -0.500. The van der Waals surface area contributed by atoms with Gasteiger partial charge in [-0.05, 0) is 6.92 Å². The van der Waals surface area contributed by atoms with Crippen molar-refractivity contribution >= 4 is 0 Å². The zero-order valence-corrected chi connectivity index (χ0v) is 9.06. The highest BCUT2D eigenvalue weighted by molar-refractivity contribution is 4.89. The average molecular weight is 234 g/mol. The summed E-state index contributed by atoms with van der Waals surface area (Å²) < 4.78 is 10.3. The molecule has 0 amide bonds. The number of aliphatic hydroxyl groups is 4. The second-order valence-electron chi connectivity index (χ2n) is 3.60. The second-order valence-corrected chi connectivity index (χ2v) is 3.60. The highest BCUT2D eigenvalue weighted by atomic mass is 16.7. The first kappa shape index (κ1) is 13.6. The first-order valence-electron chi connectivity index (χ1n) is 5.15. The van der Waals surface area contributed by atoms with E-state index in [1.54, 1.807) is 12.2 Å². The molecule has 6 nitrogen and oxygen atoms in total. The molecule has 0 aromatic rings. The van der Waals surface area contributed by atoms with E-state index >= 15 is 0 Å². The molecule has 6 heteroatoms. The highest BCUT2D eigenvalue weighted by Gasteiger charge is 2.43. The molecule has 0 bridgehead atoms. The molecule has 1 fully saturated rings. The molecular formula is C10H18O6. The van der Waals surface area contributed by atoms with Gasteiger partial charge in [0.25, 0.3) is 0 Å². The molecule has 4 N–H and O–H groups in total. The first-order valence-corrected chi connectivity index (χ1v) is 5.15. The third-order valence-corrected chi connectivity index (χ3v) is 2.44. The number of rotatable bonds is 4. The van der Waals surface area contributed by atoms with Crippen LogP contribution in [0.25, 0.3) is 0 Å². The van der Waals surface area contributed by atoms with Gasteiger partial charge in [-0.1, -0.05) is 12.2 Å². The molecule has 0 aliphatic carbocycles. The number of aliphatic hydroxyl groups excluding tert-OH is 4. The normalized spacial score (nSPS) is 40.4. The van der Waals surface area contributed by atoms with Crippen LogP contribution in [0, 0.1) is 0 Å². The second kappa shape index (κ2) is 6.29. The summed E-state index contributed by atoms with van der Waals surface area (Å²) in [5, 5.41) is 37.4. The van der Waals surface area contributed by atoms with Crippen molar-refractivity contribution in [2.75, 3.05) is 13.2 Å². The summed E-state index contributed by atoms with van der Waals surface area (Å²) in [6.07, 6.45) is -2.56. The Morgan fingerprint density at radius 1 is 1.19 bits per heavy atom. The van der Waals surface area contributed by atoms with E-state index in [-0.39, 0.29) is 6.61 Å². The van der Waals surface area contributed by atoms with Gasteiger partial charge in [-0.3, -0.25) is 0 Å². The first-order chi connectivity index (χ1) is 7.61.